The van der Waals surface area contributed by atoms with Crippen molar-refractivity contribution < 1.29 is 17.9 Å². The van der Waals surface area contributed by atoms with Crippen LogP contribution in [0.3, 0.4) is 0 Å². The first-order valence-corrected chi connectivity index (χ1v) is 12.8. The summed E-state index contributed by atoms with van der Waals surface area (Å²) in [6.07, 6.45) is 5.42. The number of hydrogen-bond acceptors (Lipinski definition) is 6. The second-order valence-electron chi connectivity index (χ2n) is 8.38. The van der Waals surface area contributed by atoms with E-state index >= 15 is 0 Å². The number of aromatic nitrogens is 1. The molecular formula is C25H26N2O4S. The maximum Gasteiger partial charge on any atom is 0.175 e. The van der Waals surface area contributed by atoms with Crippen molar-refractivity contribution in [3.63, 3.8) is 0 Å². The summed E-state index contributed by atoms with van der Waals surface area (Å²) in [5.74, 6) is 1.67. The van der Waals surface area contributed by atoms with Crippen LogP contribution in [0.5, 0.6) is 11.5 Å². The SMILES string of the molecule is CS(=O)(=O)c1ccc(-c2ccc(CN3CCCC3c3ccc4c(c3)OCCO4)cn2)cc1. The number of rotatable bonds is 5. The first kappa shape index (κ1) is 21.0. The smallest absolute Gasteiger partial charge is 0.175 e. The molecule has 0 N–H and O–H groups in total. The fraction of sp³-hybridized carbons (Fsp3) is 0.320. The molecule has 166 valence electrons. The van der Waals surface area contributed by atoms with Crippen LogP contribution in [-0.2, 0) is 16.4 Å². The number of sulfone groups is 1. The predicted molar refractivity (Wildman–Crippen MR) is 123 cm³/mol. The molecule has 0 spiro atoms. The Morgan fingerprint density at radius 3 is 2.50 bits per heavy atom. The van der Waals surface area contributed by atoms with Crippen LogP contribution in [0, 0.1) is 0 Å². The van der Waals surface area contributed by atoms with Crippen molar-refractivity contribution in [2.24, 2.45) is 0 Å². The predicted octanol–water partition coefficient (Wildman–Crippen LogP) is 4.26. The van der Waals surface area contributed by atoms with E-state index in [-0.39, 0.29) is 0 Å². The van der Waals surface area contributed by atoms with Gasteiger partial charge in [0.15, 0.2) is 21.3 Å². The Bertz CT molecular complexity index is 1210. The average Bonchev–Trinajstić information content (AvgIpc) is 3.27. The molecule has 1 atom stereocenters. The van der Waals surface area contributed by atoms with Crippen LogP contribution in [0.2, 0.25) is 0 Å². The lowest BCUT2D eigenvalue weighted by atomic mass is 10.0. The van der Waals surface area contributed by atoms with Crippen LogP contribution in [-0.4, -0.2) is 44.3 Å². The summed E-state index contributed by atoms with van der Waals surface area (Å²) < 4.78 is 34.7. The zero-order chi connectivity index (χ0) is 22.1. The van der Waals surface area contributed by atoms with Crippen molar-refractivity contribution >= 4 is 9.84 Å². The number of hydrogen-bond donors (Lipinski definition) is 0. The highest BCUT2D eigenvalue weighted by Crippen LogP contribution is 2.38. The molecule has 1 unspecified atom stereocenters. The van der Waals surface area contributed by atoms with E-state index in [1.165, 1.54) is 11.8 Å². The van der Waals surface area contributed by atoms with Gasteiger partial charge in [0.05, 0.1) is 10.6 Å². The van der Waals surface area contributed by atoms with Crippen molar-refractivity contribution in [2.75, 3.05) is 26.0 Å². The Hall–Kier alpha value is -2.90. The third-order valence-electron chi connectivity index (χ3n) is 6.10. The highest BCUT2D eigenvalue weighted by atomic mass is 32.2. The number of nitrogens with zero attached hydrogens (tertiary/aromatic N) is 2. The summed E-state index contributed by atoms with van der Waals surface area (Å²) in [7, 11) is -3.20. The minimum atomic E-state index is -3.20. The van der Waals surface area contributed by atoms with Gasteiger partial charge in [-0.3, -0.25) is 9.88 Å². The van der Waals surface area contributed by atoms with E-state index in [1.807, 2.05) is 18.3 Å². The molecule has 7 heteroatoms. The van der Waals surface area contributed by atoms with Gasteiger partial charge < -0.3 is 9.47 Å². The maximum absolute atomic E-state index is 11.7. The van der Waals surface area contributed by atoms with Crippen LogP contribution in [0.4, 0.5) is 0 Å². The summed E-state index contributed by atoms with van der Waals surface area (Å²) in [5, 5.41) is 0. The topological polar surface area (TPSA) is 68.7 Å². The van der Waals surface area contributed by atoms with E-state index in [9.17, 15) is 8.42 Å². The summed E-state index contributed by atoms with van der Waals surface area (Å²) in [6, 6.07) is 17.6. The van der Waals surface area contributed by atoms with Crippen molar-refractivity contribution in [3.8, 4) is 22.8 Å². The standard InChI is InChI=1S/C25H26N2O4S/c1-32(28,29)21-8-5-19(6-9-21)22-10-4-18(16-26-22)17-27-12-2-3-23(27)20-7-11-24-25(15-20)31-14-13-30-24/h4-11,15-16,23H,2-3,12-14,17H2,1H3. The van der Waals surface area contributed by atoms with Gasteiger partial charge >= 0.3 is 0 Å². The number of fused-ring (bicyclic) bond motifs is 1. The van der Waals surface area contributed by atoms with Gasteiger partial charge in [0, 0.05) is 30.6 Å². The van der Waals surface area contributed by atoms with E-state index in [0.29, 0.717) is 24.2 Å². The number of pyridine rings is 1. The van der Waals surface area contributed by atoms with Gasteiger partial charge in [0.2, 0.25) is 0 Å². The van der Waals surface area contributed by atoms with Crippen LogP contribution >= 0.6 is 0 Å². The molecule has 3 heterocycles. The van der Waals surface area contributed by atoms with E-state index in [1.54, 1.807) is 24.3 Å². The molecular weight excluding hydrogens is 424 g/mol. The van der Waals surface area contributed by atoms with Gasteiger partial charge in [-0.1, -0.05) is 24.3 Å². The molecule has 0 aliphatic carbocycles. The Morgan fingerprint density at radius 1 is 1.00 bits per heavy atom. The van der Waals surface area contributed by atoms with Gasteiger partial charge in [-0.15, -0.1) is 0 Å². The Balaban J connectivity index is 1.30. The van der Waals surface area contributed by atoms with Gasteiger partial charge in [-0.2, -0.15) is 0 Å². The highest BCUT2D eigenvalue weighted by molar-refractivity contribution is 7.90. The number of likely N-dealkylation sites (tertiary alicyclic amines) is 1. The van der Waals surface area contributed by atoms with Crippen LogP contribution < -0.4 is 9.47 Å². The molecule has 0 saturated carbocycles. The number of ether oxygens (including phenoxy) is 2. The molecule has 2 aromatic carbocycles. The third-order valence-corrected chi connectivity index (χ3v) is 7.23. The van der Waals surface area contributed by atoms with Crippen LogP contribution in [0.15, 0.2) is 65.7 Å². The second-order valence-corrected chi connectivity index (χ2v) is 10.4. The normalized spacial score (nSPS) is 18.6. The minimum absolute atomic E-state index is 0.317. The minimum Gasteiger partial charge on any atom is -0.486 e. The first-order chi connectivity index (χ1) is 15.5. The molecule has 6 nitrogen and oxygen atoms in total. The van der Waals surface area contributed by atoms with Crippen molar-refractivity contribution in [1.29, 1.82) is 0 Å². The van der Waals surface area contributed by atoms with Crippen LogP contribution in [0.1, 0.15) is 30.0 Å². The quantitative estimate of drug-likeness (QED) is 0.579. The molecule has 32 heavy (non-hydrogen) atoms. The summed E-state index contributed by atoms with van der Waals surface area (Å²) in [6.45, 7) is 3.08. The highest BCUT2D eigenvalue weighted by Gasteiger charge is 2.27. The summed E-state index contributed by atoms with van der Waals surface area (Å²) >= 11 is 0. The van der Waals surface area contributed by atoms with E-state index < -0.39 is 9.84 Å². The Kier molecular flexibility index (Phi) is 5.61. The fourth-order valence-electron chi connectivity index (χ4n) is 4.46. The molecule has 2 aliphatic rings. The van der Waals surface area contributed by atoms with Crippen LogP contribution in [0.25, 0.3) is 11.3 Å². The van der Waals surface area contributed by atoms with Crippen molar-refractivity contribution in [2.45, 2.75) is 30.3 Å². The molecule has 5 rings (SSSR count). The van der Waals surface area contributed by atoms with Gasteiger partial charge in [0.1, 0.15) is 13.2 Å². The van der Waals surface area contributed by atoms with E-state index in [2.05, 4.69) is 28.1 Å². The third kappa shape index (κ3) is 4.36. The summed E-state index contributed by atoms with van der Waals surface area (Å²) in [5.41, 5.74) is 4.16. The second kappa shape index (κ2) is 8.56. The number of benzene rings is 2. The monoisotopic (exact) mass is 450 g/mol. The Morgan fingerprint density at radius 2 is 1.78 bits per heavy atom. The lowest BCUT2D eigenvalue weighted by Gasteiger charge is -2.26. The van der Waals surface area contributed by atoms with Gasteiger partial charge in [0.25, 0.3) is 0 Å². The van der Waals surface area contributed by atoms with E-state index in [0.717, 1.165) is 54.3 Å². The molecule has 1 saturated heterocycles. The lowest BCUT2D eigenvalue weighted by molar-refractivity contribution is 0.170. The van der Waals surface area contributed by atoms with E-state index in [4.69, 9.17) is 9.47 Å². The zero-order valence-corrected chi connectivity index (χ0v) is 18.8. The molecule has 0 bridgehead atoms. The maximum atomic E-state index is 11.7. The molecule has 0 amide bonds. The van der Waals surface area contributed by atoms with Gasteiger partial charge in [-0.25, -0.2) is 8.42 Å². The fourth-order valence-corrected chi connectivity index (χ4v) is 5.09. The average molecular weight is 451 g/mol. The first-order valence-electron chi connectivity index (χ1n) is 10.9. The molecule has 1 fully saturated rings. The van der Waals surface area contributed by atoms with Gasteiger partial charge in [-0.05, 0) is 60.8 Å². The van der Waals surface area contributed by atoms with Crippen molar-refractivity contribution in [3.05, 3.63) is 71.9 Å². The molecule has 3 aromatic rings. The Labute approximate surface area is 188 Å². The molecule has 0 radical (unpaired) electrons. The lowest BCUT2D eigenvalue weighted by Crippen LogP contribution is -2.23. The summed E-state index contributed by atoms with van der Waals surface area (Å²) in [4.78, 5) is 7.43. The largest absolute Gasteiger partial charge is 0.486 e. The molecule has 1 aromatic heterocycles. The van der Waals surface area contributed by atoms with Crippen molar-refractivity contribution in [1.82, 2.24) is 9.88 Å². The zero-order valence-electron chi connectivity index (χ0n) is 18.0. The molecule has 2 aliphatic heterocycles.